The summed E-state index contributed by atoms with van der Waals surface area (Å²) in [5.41, 5.74) is 0. The SMILES string of the molecule is CCCN([C@@H]1CCS(=O)(=O)C1)S(=O)(=O)CCC. The van der Waals surface area contributed by atoms with Gasteiger partial charge in [0.15, 0.2) is 9.84 Å². The fourth-order valence-corrected chi connectivity index (χ4v) is 5.82. The molecule has 0 aliphatic carbocycles. The van der Waals surface area contributed by atoms with Gasteiger partial charge in [0, 0.05) is 12.6 Å². The van der Waals surface area contributed by atoms with Crippen LogP contribution in [-0.2, 0) is 19.9 Å². The minimum atomic E-state index is -3.30. The van der Waals surface area contributed by atoms with E-state index in [9.17, 15) is 16.8 Å². The molecule has 0 amide bonds. The van der Waals surface area contributed by atoms with Gasteiger partial charge in [-0.3, -0.25) is 0 Å². The van der Waals surface area contributed by atoms with Crippen molar-refractivity contribution in [2.45, 2.75) is 39.2 Å². The minimum Gasteiger partial charge on any atom is -0.229 e. The maximum absolute atomic E-state index is 12.0. The molecular formula is C10H21NO4S2. The molecular weight excluding hydrogens is 262 g/mol. The molecule has 1 fully saturated rings. The topological polar surface area (TPSA) is 71.5 Å². The third-order valence-corrected chi connectivity index (χ3v) is 6.75. The Kier molecular flexibility index (Phi) is 4.97. The lowest BCUT2D eigenvalue weighted by molar-refractivity contribution is 0.340. The van der Waals surface area contributed by atoms with E-state index in [0.717, 1.165) is 0 Å². The zero-order valence-electron chi connectivity index (χ0n) is 10.4. The first-order valence-corrected chi connectivity index (χ1v) is 9.45. The average molecular weight is 283 g/mol. The highest BCUT2D eigenvalue weighted by atomic mass is 32.2. The molecule has 1 aliphatic rings. The van der Waals surface area contributed by atoms with Gasteiger partial charge in [0.2, 0.25) is 10.0 Å². The summed E-state index contributed by atoms with van der Waals surface area (Å²) in [6, 6.07) is -0.350. The molecule has 0 spiro atoms. The number of hydrogen-bond acceptors (Lipinski definition) is 4. The van der Waals surface area contributed by atoms with Gasteiger partial charge < -0.3 is 0 Å². The van der Waals surface area contributed by atoms with Crippen molar-refractivity contribution in [1.82, 2.24) is 4.31 Å². The summed E-state index contributed by atoms with van der Waals surface area (Å²) in [5.74, 6) is 0.193. The van der Waals surface area contributed by atoms with Crippen LogP contribution in [0.5, 0.6) is 0 Å². The monoisotopic (exact) mass is 283 g/mol. The molecule has 1 heterocycles. The molecule has 1 saturated heterocycles. The Morgan fingerprint density at radius 3 is 2.29 bits per heavy atom. The summed E-state index contributed by atoms with van der Waals surface area (Å²) in [6.07, 6.45) is 1.70. The lowest BCUT2D eigenvalue weighted by Gasteiger charge is -2.26. The molecule has 0 aromatic rings. The smallest absolute Gasteiger partial charge is 0.214 e. The van der Waals surface area contributed by atoms with Crippen LogP contribution in [0.3, 0.4) is 0 Å². The van der Waals surface area contributed by atoms with Crippen LogP contribution in [-0.4, -0.2) is 51.0 Å². The van der Waals surface area contributed by atoms with E-state index in [1.807, 2.05) is 13.8 Å². The number of sulfone groups is 1. The Hall–Kier alpha value is -0.140. The Balaban J connectivity index is 2.87. The van der Waals surface area contributed by atoms with E-state index < -0.39 is 19.9 Å². The molecule has 1 atom stereocenters. The van der Waals surface area contributed by atoms with Crippen LogP contribution >= 0.6 is 0 Å². The highest BCUT2D eigenvalue weighted by molar-refractivity contribution is 7.92. The summed E-state index contributed by atoms with van der Waals surface area (Å²) >= 11 is 0. The molecule has 0 bridgehead atoms. The first-order valence-electron chi connectivity index (χ1n) is 6.02. The Labute approximate surface area is 104 Å². The molecule has 102 valence electrons. The molecule has 0 radical (unpaired) electrons. The van der Waals surface area contributed by atoms with Gasteiger partial charge in [-0.15, -0.1) is 0 Å². The zero-order chi connectivity index (χ0) is 13.1. The molecule has 5 nitrogen and oxygen atoms in total. The van der Waals surface area contributed by atoms with Crippen molar-refractivity contribution in [3.63, 3.8) is 0 Å². The first-order chi connectivity index (χ1) is 7.82. The van der Waals surface area contributed by atoms with E-state index in [-0.39, 0.29) is 23.3 Å². The number of nitrogens with zero attached hydrogens (tertiary/aromatic N) is 1. The van der Waals surface area contributed by atoms with Gasteiger partial charge in [0.1, 0.15) is 0 Å². The van der Waals surface area contributed by atoms with Crippen molar-refractivity contribution in [3.05, 3.63) is 0 Å². The maximum atomic E-state index is 12.0. The largest absolute Gasteiger partial charge is 0.229 e. The Morgan fingerprint density at radius 2 is 1.88 bits per heavy atom. The van der Waals surface area contributed by atoms with Crippen molar-refractivity contribution in [1.29, 1.82) is 0 Å². The van der Waals surface area contributed by atoms with Crippen molar-refractivity contribution < 1.29 is 16.8 Å². The zero-order valence-corrected chi connectivity index (χ0v) is 12.1. The Morgan fingerprint density at radius 1 is 1.24 bits per heavy atom. The van der Waals surface area contributed by atoms with Crippen molar-refractivity contribution >= 4 is 19.9 Å². The van der Waals surface area contributed by atoms with Gasteiger partial charge in [-0.05, 0) is 19.3 Å². The maximum Gasteiger partial charge on any atom is 0.214 e. The summed E-state index contributed by atoms with van der Waals surface area (Å²) in [4.78, 5) is 0. The molecule has 0 saturated carbocycles. The molecule has 17 heavy (non-hydrogen) atoms. The van der Waals surface area contributed by atoms with E-state index in [0.29, 0.717) is 25.8 Å². The summed E-state index contributed by atoms with van der Waals surface area (Å²) < 4.78 is 48.3. The van der Waals surface area contributed by atoms with Crippen LogP contribution < -0.4 is 0 Å². The normalized spacial score (nSPS) is 24.3. The van der Waals surface area contributed by atoms with E-state index in [1.54, 1.807) is 0 Å². The number of hydrogen-bond donors (Lipinski definition) is 0. The van der Waals surface area contributed by atoms with Gasteiger partial charge in [0.05, 0.1) is 17.3 Å². The third kappa shape index (κ3) is 3.93. The second-order valence-corrected chi connectivity index (χ2v) is 8.75. The minimum absolute atomic E-state index is 0.0179. The van der Waals surface area contributed by atoms with Gasteiger partial charge in [0.25, 0.3) is 0 Å². The highest BCUT2D eigenvalue weighted by Gasteiger charge is 2.36. The molecule has 0 N–H and O–H groups in total. The first kappa shape index (κ1) is 14.9. The van der Waals surface area contributed by atoms with E-state index in [1.165, 1.54) is 4.31 Å². The standard InChI is InChI=1S/C10H21NO4S2/c1-3-6-11(17(14,15)7-4-2)10-5-8-16(12,13)9-10/h10H,3-9H2,1-2H3/t10-/m1/s1. The predicted molar refractivity (Wildman–Crippen MR) is 68.1 cm³/mol. The fourth-order valence-electron chi connectivity index (χ4n) is 2.15. The molecule has 1 aliphatic heterocycles. The van der Waals surface area contributed by atoms with Crippen LogP contribution in [0.15, 0.2) is 0 Å². The van der Waals surface area contributed by atoms with Crippen LogP contribution in [0.4, 0.5) is 0 Å². The second-order valence-electron chi connectivity index (χ2n) is 4.48. The van der Waals surface area contributed by atoms with Crippen LogP contribution in [0.1, 0.15) is 33.1 Å². The van der Waals surface area contributed by atoms with Gasteiger partial charge in [-0.25, -0.2) is 16.8 Å². The third-order valence-electron chi connectivity index (χ3n) is 2.88. The summed E-state index contributed by atoms with van der Waals surface area (Å²) in [5, 5.41) is 0. The quantitative estimate of drug-likeness (QED) is 0.716. The van der Waals surface area contributed by atoms with Crippen LogP contribution in [0, 0.1) is 0 Å². The van der Waals surface area contributed by atoms with E-state index in [4.69, 9.17) is 0 Å². The Bertz CT molecular complexity index is 441. The lowest BCUT2D eigenvalue weighted by Crippen LogP contribution is -2.42. The van der Waals surface area contributed by atoms with Gasteiger partial charge in [-0.1, -0.05) is 13.8 Å². The van der Waals surface area contributed by atoms with E-state index >= 15 is 0 Å². The van der Waals surface area contributed by atoms with Gasteiger partial charge in [-0.2, -0.15) is 4.31 Å². The molecule has 7 heteroatoms. The molecule has 1 rings (SSSR count). The molecule has 0 aromatic heterocycles. The molecule has 0 unspecified atom stereocenters. The summed E-state index contributed by atoms with van der Waals surface area (Å²) in [6.45, 7) is 4.13. The van der Waals surface area contributed by atoms with Crippen molar-refractivity contribution in [2.24, 2.45) is 0 Å². The lowest BCUT2D eigenvalue weighted by atomic mass is 10.2. The average Bonchev–Trinajstić information content (AvgIpc) is 2.54. The second kappa shape index (κ2) is 5.67. The summed E-state index contributed by atoms with van der Waals surface area (Å²) in [7, 11) is -6.34. The van der Waals surface area contributed by atoms with Gasteiger partial charge >= 0.3 is 0 Å². The predicted octanol–water partition coefficient (Wildman–Crippen LogP) is 0.625. The van der Waals surface area contributed by atoms with Crippen molar-refractivity contribution in [3.8, 4) is 0 Å². The number of rotatable bonds is 6. The van der Waals surface area contributed by atoms with Crippen molar-refractivity contribution in [2.75, 3.05) is 23.8 Å². The van der Waals surface area contributed by atoms with Crippen LogP contribution in [0.2, 0.25) is 0 Å². The highest BCUT2D eigenvalue weighted by Crippen LogP contribution is 2.21. The molecule has 0 aromatic carbocycles. The fraction of sp³-hybridized carbons (Fsp3) is 1.00. The number of sulfonamides is 1. The van der Waals surface area contributed by atoms with Crippen LogP contribution in [0.25, 0.3) is 0 Å². The van der Waals surface area contributed by atoms with E-state index in [2.05, 4.69) is 0 Å².